The van der Waals surface area contributed by atoms with Crippen molar-refractivity contribution < 1.29 is 19.1 Å². The molecule has 5 heteroatoms. The third-order valence-electron chi connectivity index (χ3n) is 4.53. The molecule has 2 unspecified atom stereocenters. The third kappa shape index (κ3) is 4.99. The second-order valence-corrected chi connectivity index (χ2v) is 6.04. The molecule has 2 aliphatic heterocycles. The van der Waals surface area contributed by atoms with Gasteiger partial charge in [0.15, 0.2) is 0 Å². The highest BCUT2D eigenvalue weighted by Gasteiger charge is 2.29. The van der Waals surface area contributed by atoms with Gasteiger partial charge in [0.05, 0.1) is 19.6 Å². The molecule has 0 radical (unpaired) electrons. The molecule has 2 heterocycles. The summed E-state index contributed by atoms with van der Waals surface area (Å²) in [5.74, 6) is -0.0620. The van der Waals surface area contributed by atoms with Crippen LogP contribution in [0.25, 0.3) is 0 Å². The van der Waals surface area contributed by atoms with E-state index in [9.17, 15) is 9.59 Å². The lowest BCUT2D eigenvalue weighted by molar-refractivity contribution is -0.144. The molecule has 120 valence electrons. The molecule has 2 aliphatic rings. The molecule has 0 saturated carbocycles. The zero-order chi connectivity index (χ0) is 15.1. The SMILES string of the molecule is COC(=O)CC1CCCCN1C(=O)CCC1CCCCO1. The maximum absolute atomic E-state index is 12.4. The summed E-state index contributed by atoms with van der Waals surface area (Å²) in [6, 6.07) is 0.0194. The van der Waals surface area contributed by atoms with Crippen molar-refractivity contribution in [3.05, 3.63) is 0 Å². The number of methoxy groups -OCH3 is 1. The van der Waals surface area contributed by atoms with E-state index in [1.54, 1.807) is 0 Å². The number of hydrogen-bond donors (Lipinski definition) is 0. The maximum atomic E-state index is 12.4. The molecule has 5 nitrogen and oxygen atoms in total. The molecule has 0 aromatic heterocycles. The Hall–Kier alpha value is -1.10. The molecular formula is C16H27NO4. The number of nitrogens with zero attached hydrogens (tertiary/aromatic N) is 1. The summed E-state index contributed by atoms with van der Waals surface area (Å²) in [5, 5.41) is 0. The number of piperidine rings is 1. The summed E-state index contributed by atoms with van der Waals surface area (Å²) in [4.78, 5) is 25.8. The van der Waals surface area contributed by atoms with Crippen LogP contribution in [0.1, 0.15) is 57.8 Å². The lowest BCUT2D eigenvalue weighted by atomic mass is 9.98. The van der Waals surface area contributed by atoms with Gasteiger partial charge in [-0.05, 0) is 44.9 Å². The Morgan fingerprint density at radius 3 is 2.71 bits per heavy atom. The van der Waals surface area contributed by atoms with Crippen LogP contribution in [0.4, 0.5) is 0 Å². The van der Waals surface area contributed by atoms with Crippen LogP contribution in [0, 0.1) is 0 Å². The molecule has 2 fully saturated rings. The van der Waals surface area contributed by atoms with Gasteiger partial charge in [0.25, 0.3) is 0 Å². The highest BCUT2D eigenvalue weighted by atomic mass is 16.5. The van der Waals surface area contributed by atoms with Gasteiger partial charge >= 0.3 is 5.97 Å². The van der Waals surface area contributed by atoms with E-state index in [0.29, 0.717) is 12.8 Å². The highest BCUT2D eigenvalue weighted by molar-refractivity contribution is 5.78. The van der Waals surface area contributed by atoms with Crippen molar-refractivity contribution in [3.8, 4) is 0 Å². The number of esters is 1. The minimum Gasteiger partial charge on any atom is -0.469 e. The largest absolute Gasteiger partial charge is 0.469 e. The van der Waals surface area contributed by atoms with Crippen molar-refractivity contribution >= 4 is 11.9 Å². The summed E-state index contributed by atoms with van der Waals surface area (Å²) >= 11 is 0. The Morgan fingerprint density at radius 1 is 1.19 bits per heavy atom. The first-order valence-corrected chi connectivity index (χ1v) is 8.18. The highest BCUT2D eigenvalue weighted by Crippen LogP contribution is 2.23. The molecule has 0 spiro atoms. The van der Waals surface area contributed by atoms with E-state index in [0.717, 1.165) is 51.7 Å². The first-order valence-electron chi connectivity index (χ1n) is 8.18. The van der Waals surface area contributed by atoms with Gasteiger partial charge in [-0.3, -0.25) is 9.59 Å². The molecule has 2 rings (SSSR count). The van der Waals surface area contributed by atoms with Crippen LogP contribution in [-0.2, 0) is 19.1 Å². The summed E-state index contributed by atoms with van der Waals surface area (Å²) < 4.78 is 10.4. The predicted octanol–water partition coefficient (Wildman–Crippen LogP) is 2.28. The fraction of sp³-hybridized carbons (Fsp3) is 0.875. The van der Waals surface area contributed by atoms with Gasteiger partial charge in [-0.15, -0.1) is 0 Å². The van der Waals surface area contributed by atoms with Crippen LogP contribution in [0.3, 0.4) is 0 Å². The Labute approximate surface area is 127 Å². The topological polar surface area (TPSA) is 55.8 Å². The van der Waals surface area contributed by atoms with Crippen LogP contribution >= 0.6 is 0 Å². The number of likely N-dealkylation sites (tertiary alicyclic amines) is 1. The van der Waals surface area contributed by atoms with E-state index in [4.69, 9.17) is 9.47 Å². The van der Waals surface area contributed by atoms with E-state index in [2.05, 4.69) is 0 Å². The Bertz CT molecular complexity index is 352. The lowest BCUT2D eigenvalue weighted by Crippen LogP contribution is -2.45. The Morgan fingerprint density at radius 2 is 2.00 bits per heavy atom. The number of amides is 1. The normalized spacial score (nSPS) is 26.4. The number of ether oxygens (including phenoxy) is 2. The smallest absolute Gasteiger partial charge is 0.307 e. The van der Waals surface area contributed by atoms with Crippen LogP contribution in [0.2, 0.25) is 0 Å². The second-order valence-electron chi connectivity index (χ2n) is 6.04. The first-order chi connectivity index (χ1) is 10.2. The van der Waals surface area contributed by atoms with E-state index >= 15 is 0 Å². The zero-order valence-corrected chi connectivity index (χ0v) is 13.0. The molecule has 0 bridgehead atoms. The minimum absolute atomic E-state index is 0.0194. The van der Waals surface area contributed by atoms with Crippen molar-refractivity contribution in [3.63, 3.8) is 0 Å². The molecule has 0 aromatic carbocycles. The fourth-order valence-electron chi connectivity index (χ4n) is 3.28. The van der Waals surface area contributed by atoms with Crippen LogP contribution in [0.5, 0.6) is 0 Å². The summed E-state index contributed by atoms with van der Waals surface area (Å²) in [6.45, 7) is 1.60. The van der Waals surface area contributed by atoms with Gasteiger partial charge < -0.3 is 14.4 Å². The Kier molecular flexibility index (Phi) is 6.49. The third-order valence-corrected chi connectivity index (χ3v) is 4.53. The number of carbonyl (C=O) groups is 2. The van der Waals surface area contributed by atoms with Gasteiger partial charge in [-0.1, -0.05) is 0 Å². The van der Waals surface area contributed by atoms with E-state index in [1.807, 2.05) is 4.90 Å². The molecule has 0 aliphatic carbocycles. The van der Waals surface area contributed by atoms with Gasteiger partial charge in [0, 0.05) is 25.6 Å². The Balaban J connectivity index is 1.81. The van der Waals surface area contributed by atoms with Gasteiger partial charge in [-0.25, -0.2) is 0 Å². The van der Waals surface area contributed by atoms with Crippen LogP contribution in [-0.4, -0.2) is 49.2 Å². The molecule has 2 atom stereocenters. The van der Waals surface area contributed by atoms with E-state index in [-0.39, 0.29) is 24.0 Å². The molecular weight excluding hydrogens is 270 g/mol. The van der Waals surface area contributed by atoms with Gasteiger partial charge in [-0.2, -0.15) is 0 Å². The predicted molar refractivity (Wildman–Crippen MR) is 78.8 cm³/mol. The molecule has 1 amide bonds. The van der Waals surface area contributed by atoms with Crippen molar-refractivity contribution in [2.75, 3.05) is 20.3 Å². The fourth-order valence-corrected chi connectivity index (χ4v) is 3.28. The average Bonchev–Trinajstić information content (AvgIpc) is 2.54. The average molecular weight is 297 g/mol. The molecule has 21 heavy (non-hydrogen) atoms. The molecule has 2 saturated heterocycles. The van der Waals surface area contributed by atoms with Crippen molar-refractivity contribution in [1.29, 1.82) is 0 Å². The first kappa shape index (κ1) is 16.3. The maximum Gasteiger partial charge on any atom is 0.307 e. The van der Waals surface area contributed by atoms with E-state index < -0.39 is 0 Å². The molecule has 0 aromatic rings. The summed E-state index contributed by atoms with van der Waals surface area (Å²) in [5.41, 5.74) is 0. The van der Waals surface area contributed by atoms with Crippen LogP contribution < -0.4 is 0 Å². The molecule has 0 N–H and O–H groups in total. The van der Waals surface area contributed by atoms with Gasteiger partial charge in [0.2, 0.25) is 5.91 Å². The van der Waals surface area contributed by atoms with Crippen LogP contribution in [0.15, 0.2) is 0 Å². The van der Waals surface area contributed by atoms with E-state index in [1.165, 1.54) is 13.5 Å². The quantitative estimate of drug-likeness (QED) is 0.731. The summed E-state index contributed by atoms with van der Waals surface area (Å²) in [6.07, 6.45) is 8.32. The number of rotatable bonds is 5. The summed E-state index contributed by atoms with van der Waals surface area (Å²) in [7, 11) is 1.40. The second kappa shape index (κ2) is 8.37. The van der Waals surface area contributed by atoms with Crippen molar-refractivity contribution in [2.24, 2.45) is 0 Å². The number of hydrogen-bond acceptors (Lipinski definition) is 4. The monoisotopic (exact) mass is 297 g/mol. The van der Waals surface area contributed by atoms with Gasteiger partial charge in [0.1, 0.15) is 0 Å². The van der Waals surface area contributed by atoms with Crippen molar-refractivity contribution in [2.45, 2.75) is 69.9 Å². The standard InChI is InChI=1S/C16H27NO4/c1-20-16(19)12-13-6-2-4-10-17(13)15(18)9-8-14-7-3-5-11-21-14/h13-14H,2-12H2,1H3. The minimum atomic E-state index is -0.227. The number of carbonyl (C=O) groups excluding carboxylic acids is 2. The lowest BCUT2D eigenvalue weighted by Gasteiger charge is -2.35. The zero-order valence-electron chi connectivity index (χ0n) is 13.0. The van der Waals surface area contributed by atoms with Crippen molar-refractivity contribution in [1.82, 2.24) is 4.90 Å².